The fourth-order valence-corrected chi connectivity index (χ4v) is 3.05. The van der Waals surface area contributed by atoms with E-state index in [2.05, 4.69) is 12.2 Å². The van der Waals surface area contributed by atoms with Crippen LogP contribution in [-0.4, -0.2) is 29.5 Å². The Morgan fingerprint density at radius 2 is 2.31 bits per heavy atom. The van der Waals surface area contributed by atoms with E-state index < -0.39 is 0 Å². The Balaban J connectivity index is 2.23. The molecule has 3 atom stereocenters. The molecular formula is C12H24N2OS. The molecule has 1 amide bonds. The molecule has 4 heteroatoms. The maximum atomic E-state index is 11.7. The fraction of sp³-hybridized carbons (Fsp3) is 0.917. The molecule has 3 nitrogen and oxygen atoms in total. The number of hydrogen-bond donors (Lipinski definition) is 2. The molecule has 94 valence electrons. The molecule has 0 saturated carbocycles. The zero-order valence-corrected chi connectivity index (χ0v) is 11.2. The average Bonchev–Trinajstić information content (AvgIpc) is 2.35. The minimum atomic E-state index is -0.349. The minimum Gasteiger partial charge on any atom is -0.354 e. The lowest BCUT2D eigenvalue weighted by Crippen LogP contribution is -2.46. The predicted octanol–water partition coefficient (Wildman–Crippen LogP) is 1.76. The van der Waals surface area contributed by atoms with E-state index in [-0.39, 0.29) is 17.9 Å². The van der Waals surface area contributed by atoms with Gasteiger partial charge in [0.05, 0.1) is 6.04 Å². The van der Waals surface area contributed by atoms with Gasteiger partial charge in [-0.3, -0.25) is 4.79 Å². The van der Waals surface area contributed by atoms with Gasteiger partial charge in [-0.1, -0.05) is 26.7 Å². The first-order valence-electron chi connectivity index (χ1n) is 6.30. The van der Waals surface area contributed by atoms with Crippen LogP contribution in [-0.2, 0) is 4.79 Å². The topological polar surface area (TPSA) is 55.1 Å². The number of amides is 1. The standard InChI is InChI=1S/C12H24N2OS/c1-3-9(2)11(13)12(15)14-8-10-6-4-5-7-16-10/h9-11H,3-8,13H2,1-2H3,(H,14,15)/t9-,10?,11-/m0/s1. The molecule has 0 aliphatic carbocycles. The van der Waals surface area contributed by atoms with E-state index in [1.165, 1.54) is 25.0 Å². The number of nitrogens with one attached hydrogen (secondary N) is 1. The van der Waals surface area contributed by atoms with Gasteiger partial charge in [0.2, 0.25) is 5.91 Å². The summed E-state index contributed by atoms with van der Waals surface area (Å²) in [5.74, 6) is 1.51. The van der Waals surface area contributed by atoms with Crippen molar-refractivity contribution in [2.75, 3.05) is 12.3 Å². The fourth-order valence-electron chi connectivity index (χ4n) is 1.81. The summed E-state index contributed by atoms with van der Waals surface area (Å²) in [4.78, 5) is 11.7. The van der Waals surface area contributed by atoms with E-state index in [1.54, 1.807) is 0 Å². The third-order valence-corrected chi connectivity index (χ3v) is 4.74. The Morgan fingerprint density at radius 3 is 2.88 bits per heavy atom. The van der Waals surface area contributed by atoms with E-state index in [0.29, 0.717) is 5.25 Å². The monoisotopic (exact) mass is 244 g/mol. The summed E-state index contributed by atoms with van der Waals surface area (Å²) in [6.07, 6.45) is 4.79. The van der Waals surface area contributed by atoms with Gasteiger partial charge in [0.25, 0.3) is 0 Å². The molecule has 0 radical (unpaired) electrons. The van der Waals surface area contributed by atoms with Crippen LogP contribution in [0.3, 0.4) is 0 Å². The Hall–Kier alpha value is -0.220. The second-order valence-corrected chi connectivity index (χ2v) is 6.05. The highest BCUT2D eigenvalue weighted by molar-refractivity contribution is 7.99. The molecule has 1 unspecified atom stereocenters. The molecule has 0 aromatic heterocycles. The zero-order valence-electron chi connectivity index (χ0n) is 10.4. The Bertz CT molecular complexity index is 217. The Morgan fingerprint density at radius 1 is 1.56 bits per heavy atom. The highest BCUT2D eigenvalue weighted by Crippen LogP contribution is 2.24. The van der Waals surface area contributed by atoms with Gasteiger partial charge >= 0.3 is 0 Å². The van der Waals surface area contributed by atoms with Crippen LogP contribution in [0.1, 0.15) is 39.5 Å². The molecule has 1 saturated heterocycles. The number of thioether (sulfide) groups is 1. The van der Waals surface area contributed by atoms with Crippen molar-refractivity contribution in [3.63, 3.8) is 0 Å². The molecule has 1 fully saturated rings. The first kappa shape index (κ1) is 13.8. The minimum absolute atomic E-state index is 0.0144. The van der Waals surface area contributed by atoms with Crippen LogP contribution in [0, 0.1) is 5.92 Å². The Labute approximate surface area is 103 Å². The summed E-state index contributed by atoms with van der Waals surface area (Å²) in [5.41, 5.74) is 5.87. The average molecular weight is 244 g/mol. The predicted molar refractivity (Wildman–Crippen MR) is 70.5 cm³/mol. The van der Waals surface area contributed by atoms with Crippen molar-refractivity contribution in [2.45, 2.75) is 50.8 Å². The second kappa shape index (κ2) is 7.17. The van der Waals surface area contributed by atoms with Crippen LogP contribution in [0.2, 0.25) is 0 Å². The molecule has 1 aliphatic rings. The van der Waals surface area contributed by atoms with Crippen molar-refractivity contribution in [1.82, 2.24) is 5.32 Å². The summed E-state index contributed by atoms with van der Waals surface area (Å²) in [6.45, 7) is 4.88. The molecule has 0 aromatic carbocycles. The van der Waals surface area contributed by atoms with Crippen LogP contribution >= 0.6 is 11.8 Å². The van der Waals surface area contributed by atoms with Crippen LogP contribution in [0.4, 0.5) is 0 Å². The number of hydrogen-bond acceptors (Lipinski definition) is 3. The summed E-state index contributed by atoms with van der Waals surface area (Å²) < 4.78 is 0. The first-order valence-corrected chi connectivity index (χ1v) is 7.35. The van der Waals surface area contributed by atoms with Crippen molar-refractivity contribution in [2.24, 2.45) is 11.7 Å². The van der Waals surface area contributed by atoms with Crippen LogP contribution in [0.25, 0.3) is 0 Å². The Kier molecular flexibility index (Phi) is 6.21. The van der Waals surface area contributed by atoms with E-state index in [1.807, 2.05) is 18.7 Å². The van der Waals surface area contributed by atoms with Gasteiger partial charge in [-0.15, -0.1) is 0 Å². The van der Waals surface area contributed by atoms with Crippen molar-refractivity contribution in [3.05, 3.63) is 0 Å². The third-order valence-electron chi connectivity index (χ3n) is 3.34. The number of carbonyl (C=O) groups excluding carboxylic acids is 1. The van der Waals surface area contributed by atoms with Gasteiger partial charge < -0.3 is 11.1 Å². The van der Waals surface area contributed by atoms with Crippen molar-refractivity contribution < 1.29 is 4.79 Å². The number of carbonyl (C=O) groups is 1. The highest BCUT2D eigenvalue weighted by Gasteiger charge is 2.21. The van der Waals surface area contributed by atoms with Gasteiger partial charge in [-0.25, -0.2) is 0 Å². The SMILES string of the molecule is CC[C@H](C)[C@H](N)C(=O)NCC1CCCCS1. The molecule has 16 heavy (non-hydrogen) atoms. The molecule has 0 aromatic rings. The number of nitrogens with two attached hydrogens (primary N) is 1. The first-order chi connectivity index (χ1) is 7.65. The largest absolute Gasteiger partial charge is 0.354 e. The zero-order chi connectivity index (χ0) is 12.0. The lowest BCUT2D eigenvalue weighted by molar-refractivity contribution is -0.123. The van der Waals surface area contributed by atoms with Gasteiger partial charge in [-0.2, -0.15) is 11.8 Å². The maximum Gasteiger partial charge on any atom is 0.237 e. The van der Waals surface area contributed by atoms with Gasteiger partial charge in [0.15, 0.2) is 0 Å². The van der Waals surface area contributed by atoms with Crippen LogP contribution < -0.4 is 11.1 Å². The highest BCUT2D eigenvalue weighted by atomic mass is 32.2. The number of rotatable bonds is 5. The quantitative estimate of drug-likeness (QED) is 0.775. The van der Waals surface area contributed by atoms with Gasteiger partial charge in [-0.05, 0) is 24.5 Å². The van der Waals surface area contributed by atoms with Crippen LogP contribution in [0.15, 0.2) is 0 Å². The third kappa shape index (κ3) is 4.34. The van der Waals surface area contributed by atoms with Crippen molar-refractivity contribution >= 4 is 17.7 Å². The summed E-state index contributed by atoms with van der Waals surface area (Å²) >= 11 is 1.98. The van der Waals surface area contributed by atoms with E-state index in [0.717, 1.165) is 13.0 Å². The van der Waals surface area contributed by atoms with Crippen molar-refractivity contribution in [3.8, 4) is 0 Å². The van der Waals surface area contributed by atoms with Gasteiger partial charge in [0.1, 0.15) is 0 Å². The molecule has 1 aliphatic heterocycles. The molecule has 1 heterocycles. The summed E-state index contributed by atoms with van der Waals surface area (Å²) in [5, 5.41) is 3.58. The second-order valence-electron chi connectivity index (χ2n) is 4.65. The normalized spacial score (nSPS) is 24.8. The molecular weight excluding hydrogens is 220 g/mol. The van der Waals surface area contributed by atoms with Crippen LogP contribution in [0.5, 0.6) is 0 Å². The maximum absolute atomic E-state index is 11.7. The smallest absolute Gasteiger partial charge is 0.237 e. The van der Waals surface area contributed by atoms with Gasteiger partial charge in [0, 0.05) is 11.8 Å². The summed E-state index contributed by atoms with van der Waals surface area (Å²) in [7, 11) is 0. The van der Waals surface area contributed by atoms with Crippen molar-refractivity contribution in [1.29, 1.82) is 0 Å². The molecule has 0 spiro atoms. The molecule has 1 rings (SSSR count). The summed E-state index contributed by atoms with van der Waals surface area (Å²) in [6, 6.07) is -0.349. The lowest BCUT2D eigenvalue weighted by atomic mass is 9.99. The van der Waals surface area contributed by atoms with E-state index in [4.69, 9.17) is 5.73 Å². The molecule has 0 bridgehead atoms. The lowest BCUT2D eigenvalue weighted by Gasteiger charge is -2.23. The van der Waals surface area contributed by atoms with E-state index >= 15 is 0 Å². The molecule has 3 N–H and O–H groups in total. The van der Waals surface area contributed by atoms with E-state index in [9.17, 15) is 4.79 Å².